The number of aromatic amines is 1. The van der Waals surface area contributed by atoms with E-state index in [0.717, 1.165) is 28.1 Å². The van der Waals surface area contributed by atoms with Crippen molar-refractivity contribution in [2.24, 2.45) is 0 Å². The number of hydrogen-bond acceptors (Lipinski definition) is 3. The first-order valence-corrected chi connectivity index (χ1v) is 6.66. The lowest BCUT2D eigenvalue weighted by Crippen LogP contribution is -2.23. The van der Waals surface area contributed by atoms with Crippen molar-refractivity contribution in [1.29, 1.82) is 0 Å². The van der Waals surface area contributed by atoms with Crippen molar-refractivity contribution in [3.8, 4) is 5.75 Å². The Bertz CT molecular complexity index is 772. The van der Waals surface area contributed by atoms with Crippen molar-refractivity contribution in [2.75, 3.05) is 7.11 Å². The summed E-state index contributed by atoms with van der Waals surface area (Å²) < 4.78 is 10.5. The van der Waals surface area contributed by atoms with E-state index in [1.54, 1.807) is 19.4 Å². The summed E-state index contributed by atoms with van der Waals surface area (Å²) >= 11 is 0. The topological polar surface area (TPSA) is 67.3 Å². The molecule has 0 fully saturated rings. The van der Waals surface area contributed by atoms with Crippen LogP contribution in [0, 0.1) is 6.92 Å². The van der Waals surface area contributed by atoms with E-state index in [1.807, 2.05) is 31.2 Å². The molecule has 21 heavy (non-hydrogen) atoms. The molecular formula is C16H16N2O3. The van der Waals surface area contributed by atoms with E-state index in [-0.39, 0.29) is 5.91 Å². The summed E-state index contributed by atoms with van der Waals surface area (Å²) in [5.74, 6) is 1.31. The Balaban J connectivity index is 1.92. The maximum Gasteiger partial charge on any atom is 0.254 e. The minimum absolute atomic E-state index is 0.136. The van der Waals surface area contributed by atoms with Crippen molar-refractivity contribution in [2.45, 2.75) is 13.5 Å². The summed E-state index contributed by atoms with van der Waals surface area (Å²) in [6.07, 6.45) is 1.59. The highest BCUT2D eigenvalue weighted by Gasteiger charge is 2.17. The van der Waals surface area contributed by atoms with Gasteiger partial charge in [-0.15, -0.1) is 0 Å². The van der Waals surface area contributed by atoms with Crippen LogP contribution in [0.25, 0.3) is 10.9 Å². The zero-order valence-electron chi connectivity index (χ0n) is 11.9. The van der Waals surface area contributed by atoms with Crippen molar-refractivity contribution in [3.63, 3.8) is 0 Å². The Morgan fingerprint density at radius 3 is 2.90 bits per heavy atom. The van der Waals surface area contributed by atoms with E-state index in [2.05, 4.69) is 10.3 Å². The molecule has 0 aliphatic heterocycles. The SMILES string of the molecule is COc1cccc2c(C(=O)NCc3ccco3)c(C)[nH]c12. The number of para-hydroxylation sites is 1. The second kappa shape index (κ2) is 5.36. The molecule has 0 atom stereocenters. The molecule has 5 nitrogen and oxygen atoms in total. The molecule has 0 unspecified atom stereocenters. The Morgan fingerprint density at radius 1 is 1.33 bits per heavy atom. The second-order valence-electron chi connectivity index (χ2n) is 4.77. The number of aromatic nitrogens is 1. The molecule has 3 rings (SSSR count). The first-order valence-electron chi connectivity index (χ1n) is 6.66. The van der Waals surface area contributed by atoms with E-state index in [1.165, 1.54) is 0 Å². The zero-order valence-corrected chi connectivity index (χ0v) is 11.9. The predicted octanol–water partition coefficient (Wildman–Crippen LogP) is 3.01. The van der Waals surface area contributed by atoms with Gasteiger partial charge in [-0.25, -0.2) is 0 Å². The molecule has 0 saturated heterocycles. The summed E-state index contributed by atoms with van der Waals surface area (Å²) in [7, 11) is 1.61. The van der Waals surface area contributed by atoms with Gasteiger partial charge in [0.1, 0.15) is 11.5 Å². The van der Waals surface area contributed by atoms with Crippen LogP contribution in [0.15, 0.2) is 41.0 Å². The molecule has 2 N–H and O–H groups in total. The van der Waals surface area contributed by atoms with Crippen LogP contribution in [0.3, 0.4) is 0 Å². The third kappa shape index (κ3) is 2.38. The van der Waals surface area contributed by atoms with Crippen molar-refractivity contribution in [1.82, 2.24) is 10.3 Å². The number of furan rings is 1. The minimum Gasteiger partial charge on any atom is -0.495 e. The molecule has 0 saturated carbocycles. The molecule has 0 aliphatic rings. The van der Waals surface area contributed by atoms with Gasteiger partial charge in [0.2, 0.25) is 0 Å². The molecule has 0 spiro atoms. The van der Waals surface area contributed by atoms with Gasteiger partial charge in [-0.3, -0.25) is 4.79 Å². The molecule has 1 aromatic carbocycles. The number of benzene rings is 1. The average Bonchev–Trinajstić information content (AvgIpc) is 3.10. The summed E-state index contributed by atoms with van der Waals surface area (Å²) in [4.78, 5) is 15.6. The summed E-state index contributed by atoms with van der Waals surface area (Å²) in [6.45, 7) is 2.24. The number of ether oxygens (including phenoxy) is 1. The highest BCUT2D eigenvalue weighted by Crippen LogP contribution is 2.29. The largest absolute Gasteiger partial charge is 0.495 e. The maximum atomic E-state index is 12.4. The van der Waals surface area contributed by atoms with Gasteiger partial charge in [-0.2, -0.15) is 0 Å². The van der Waals surface area contributed by atoms with Crippen LogP contribution >= 0.6 is 0 Å². The van der Waals surface area contributed by atoms with Gasteiger partial charge < -0.3 is 19.5 Å². The number of fused-ring (bicyclic) bond motifs is 1. The highest BCUT2D eigenvalue weighted by molar-refractivity contribution is 6.09. The first-order chi connectivity index (χ1) is 10.2. The van der Waals surface area contributed by atoms with Gasteiger partial charge in [0.25, 0.3) is 5.91 Å². The fourth-order valence-corrected chi connectivity index (χ4v) is 2.45. The average molecular weight is 284 g/mol. The molecule has 108 valence electrons. The number of nitrogens with one attached hydrogen (secondary N) is 2. The molecule has 3 aromatic rings. The molecule has 0 radical (unpaired) electrons. The Labute approximate surface area is 121 Å². The Kier molecular flexibility index (Phi) is 3.39. The van der Waals surface area contributed by atoms with Gasteiger partial charge in [0, 0.05) is 11.1 Å². The smallest absolute Gasteiger partial charge is 0.254 e. The number of H-pyrrole nitrogens is 1. The molecule has 1 amide bonds. The second-order valence-corrected chi connectivity index (χ2v) is 4.77. The summed E-state index contributed by atoms with van der Waals surface area (Å²) in [6, 6.07) is 9.26. The van der Waals surface area contributed by atoms with Crippen LogP contribution in [0.4, 0.5) is 0 Å². The molecule has 0 aliphatic carbocycles. The van der Waals surface area contributed by atoms with E-state index in [0.29, 0.717) is 12.1 Å². The maximum absolute atomic E-state index is 12.4. The predicted molar refractivity (Wildman–Crippen MR) is 79.5 cm³/mol. The number of rotatable bonds is 4. The summed E-state index contributed by atoms with van der Waals surface area (Å²) in [5, 5.41) is 3.72. The molecular weight excluding hydrogens is 268 g/mol. The van der Waals surface area contributed by atoms with Crippen LogP contribution in [0.2, 0.25) is 0 Å². The molecule has 0 bridgehead atoms. The van der Waals surface area contributed by atoms with E-state index >= 15 is 0 Å². The van der Waals surface area contributed by atoms with Gasteiger partial charge in [-0.05, 0) is 25.1 Å². The molecule has 5 heteroatoms. The Morgan fingerprint density at radius 2 is 2.19 bits per heavy atom. The van der Waals surface area contributed by atoms with Crippen LogP contribution in [-0.4, -0.2) is 18.0 Å². The number of aryl methyl sites for hydroxylation is 1. The quantitative estimate of drug-likeness (QED) is 0.774. The Hall–Kier alpha value is -2.69. The van der Waals surface area contributed by atoms with E-state index < -0.39 is 0 Å². The normalized spacial score (nSPS) is 10.8. The van der Waals surface area contributed by atoms with Gasteiger partial charge >= 0.3 is 0 Å². The van der Waals surface area contributed by atoms with E-state index in [4.69, 9.17) is 9.15 Å². The highest BCUT2D eigenvalue weighted by atomic mass is 16.5. The lowest BCUT2D eigenvalue weighted by Gasteiger charge is -2.04. The molecule has 2 aromatic heterocycles. The van der Waals surface area contributed by atoms with Gasteiger partial charge in [0.15, 0.2) is 0 Å². The fraction of sp³-hybridized carbons (Fsp3) is 0.188. The lowest BCUT2D eigenvalue weighted by atomic mass is 10.1. The standard InChI is InChI=1S/C16H16N2O3/c1-10-14(16(19)17-9-11-5-4-8-21-11)12-6-3-7-13(20-2)15(12)18-10/h3-8,18H,9H2,1-2H3,(H,17,19). The number of hydrogen-bond donors (Lipinski definition) is 2. The van der Waals surface area contributed by atoms with Crippen LogP contribution in [-0.2, 0) is 6.54 Å². The first kappa shape index (κ1) is 13.3. The van der Waals surface area contributed by atoms with Crippen molar-refractivity contribution in [3.05, 3.63) is 53.6 Å². The fourth-order valence-electron chi connectivity index (χ4n) is 2.45. The number of carbonyl (C=O) groups excluding carboxylic acids is 1. The minimum atomic E-state index is -0.136. The van der Waals surface area contributed by atoms with Crippen LogP contribution in [0.5, 0.6) is 5.75 Å². The zero-order chi connectivity index (χ0) is 14.8. The third-order valence-corrected chi connectivity index (χ3v) is 3.43. The van der Waals surface area contributed by atoms with Crippen LogP contribution < -0.4 is 10.1 Å². The van der Waals surface area contributed by atoms with Crippen LogP contribution in [0.1, 0.15) is 21.8 Å². The number of methoxy groups -OCH3 is 1. The van der Waals surface area contributed by atoms with E-state index in [9.17, 15) is 4.79 Å². The summed E-state index contributed by atoms with van der Waals surface area (Å²) in [5.41, 5.74) is 2.28. The number of amides is 1. The van der Waals surface area contributed by atoms with Crippen molar-refractivity contribution < 1.29 is 13.9 Å². The monoisotopic (exact) mass is 284 g/mol. The number of carbonyl (C=O) groups is 1. The third-order valence-electron chi connectivity index (χ3n) is 3.43. The van der Waals surface area contributed by atoms with Gasteiger partial charge in [0.05, 0.1) is 31.0 Å². The van der Waals surface area contributed by atoms with Crippen molar-refractivity contribution >= 4 is 16.8 Å². The van der Waals surface area contributed by atoms with Gasteiger partial charge in [-0.1, -0.05) is 12.1 Å². The lowest BCUT2D eigenvalue weighted by molar-refractivity contribution is 0.0949. The molecule has 2 heterocycles.